The zero-order valence-corrected chi connectivity index (χ0v) is 10.1. The van der Waals surface area contributed by atoms with Gasteiger partial charge in [0.05, 0.1) is 5.75 Å². The van der Waals surface area contributed by atoms with E-state index in [-0.39, 0.29) is 16.3 Å². The number of aromatic amines is 1. The van der Waals surface area contributed by atoms with Gasteiger partial charge in [0.2, 0.25) is 15.0 Å². The quantitative estimate of drug-likeness (QED) is 0.850. The van der Waals surface area contributed by atoms with Crippen LogP contribution in [0.1, 0.15) is 33.6 Å². The van der Waals surface area contributed by atoms with Crippen LogP contribution in [0.4, 0.5) is 0 Å². The van der Waals surface area contributed by atoms with Crippen LogP contribution in [0.15, 0.2) is 11.5 Å². The minimum absolute atomic E-state index is 0.0311. The molecule has 1 heterocycles. The molecule has 0 bridgehead atoms. The standard InChI is InChI=1S/C9H17N3O2S/c1-9(2,3)5-4-6-15(13,14)8-10-7-11-12-8/h7H,4-6H2,1-3H3,(H,10,11,12). The van der Waals surface area contributed by atoms with Crippen LogP contribution in [-0.4, -0.2) is 29.4 Å². The fraction of sp³-hybridized carbons (Fsp3) is 0.778. The lowest BCUT2D eigenvalue weighted by Crippen LogP contribution is -2.12. The third kappa shape index (κ3) is 3.99. The maximum absolute atomic E-state index is 11.6. The summed E-state index contributed by atoms with van der Waals surface area (Å²) in [7, 11) is -3.27. The number of hydrogen-bond donors (Lipinski definition) is 1. The van der Waals surface area contributed by atoms with Gasteiger partial charge in [-0.05, 0) is 18.3 Å². The van der Waals surface area contributed by atoms with E-state index in [1.54, 1.807) is 0 Å². The molecule has 0 amide bonds. The minimum Gasteiger partial charge on any atom is -0.250 e. The maximum Gasteiger partial charge on any atom is 0.242 e. The van der Waals surface area contributed by atoms with Gasteiger partial charge in [0.25, 0.3) is 0 Å². The zero-order chi connectivity index (χ0) is 11.5. The first-order valence-electron chi connectivity index (χ1n) is 4.89. The minimum atomic E-state index is -3.27. The first-order valence-corrected chi connectivity index (χ1v) is 6.55. The average molecular weight is 231 g/mol. The number of aromatic nitrogens is 3. The van der Waals surface area contributed by atoms with Gasteiger partial charge < -0.3 is 0 Å². The molecule has 0 aromatic carbocycles. The van der Waals surface area contributed by atoms with E-state index in [1.807, 2.05) is 0 Å². The van der Waals surface area contributed by atoms with Crippen molar-refractivity contribution in [2.75, 3.05) is 5.75 Å². The van der Waals surface area contributed by atoms with Gasteiger partial charge in [0.15, 0.2) is 0 Å². The van der Waals surface area contributed by atoms with Gasteiger partial charge in [0.1, 0.15) is 6.33 Å². The first-order chi connectivity index (χ1) is 6.81. The zero-order valence-electron chi connectivity index (χ0n) is 9.32. The molecule has 1 aromatic rings. The summed E-state index contributed by atoms with van der Waals surface area (Å²) in [5.74, 6) is 0.124. The highest BCUT2D eigenvalue weighted by Crippen LogP contribution is 2.21. The number of H-pyrrole nitrogens is 1. The van der Waals surface area contributed by atoms with Crippen LogP contribution in [0, 0.1) is 5.41 Å². The summed E-state index contributed by atoms with van der Waals surface area (Å²) in [5.41, 5.74) is 0.164. The number of hydrogen-bond acceptors (Lipinski definition) is 4. The van der Waals surface area contributed by atoms with E-state index in [1.165, 1.54) is 6.33 Å². The largest absolute Gasteiger partial charge is 0.250 e. The number of rotatable bonds is 4. The van der Waals surface area contributed by atoms with Crippen LogP contribution in [-0.2, 0) is 9.84 Å². The fourth-order valence-electron chi connectivity index (χ4n) is 1.23. The Labute approximate surface area is 90.2 Å². The summed E-state index contributed by atoms with van der Waals surface area (Å²) >= 11 is 0. The average Bonchev–Trinajstić information content (AvgIpc) is 2.52. The Morgan fingerprint density at radius 2 is 2.07 bits per heavy atom. The smallest absolute Gasteiger partial charge is 0.242 e. The Balaban J connectivity index is 2.53. The SMILES string of the molecule is CC(C)(C)CCCS(=O)(=O)c1ncn[nH]1. The molecule has 1 N–H and O–H groups in total. The molecule has 0 saturated carbocycles. The van der Waals surface area contributed by atoms with Crippen molar-refractivity contribution in [3.8, 4) is 0 Å². The first kappa shape index (κ1) is 12.2. The van der Waals surface area contributed by atoms with Crippen LogP contribution in [0.2, 0.25) is 0 Å². The molecular weight excluding hydrogens is 214 g/mol. The number of nitrogens with one attached hydrogen (secondary N) is 1. The monoisotopic (exact) mass is 231 g/mol. The topological polar surface area (TPSA) is 75.7 Å². The Hall–Kier alpha value is -0.910. The second kappa shape index (κ2) is 4.30. The lowest BCUT2D eigenvalue weighted by Gasteiger charge is -2.17. The Morgan fingerprint density at radius 1 is 1.40 bits per heavy atom. The molecule has 15 heavy (non-hydrogen) atoms. The van der Waals surface area contributed by atoms with Crippen molar-refractivity contribution in [2.45, 2.75) is 38.8 Å². The third-order valence-corrected chi connectivity index (χ3v) is 3.64. The molecule has 0 radical (unpaired) electrons. The van der Waals surface area contributed by atoms with Crippen molar-refractivity contribution in [1.82, 2.24) is 15.2 Å². The van der Waals surface area contributed by atoms with E-state index >= 15 is 0 Å². The van der Waals surface area contributed by atoms with Crippen LogP contribution in [0.5, 0.6) is 0 Å². The molecule has 0 aliphatic heterocycles. The molecule has 1 rings (SSSR count). The van der Waals surface area contributed by atoms with E-state index < -0.39 is 9.84 Å². The van der Waals surface area contributed by atoms with Crippen molar-refractivity contribution in [2.24, 2.45) is 5.41 Å². The highest BCUT2D eigenvalue weighted by molar-refractivity contribution is 7.91. The van der Waals surface area contributed by atoms with Gasteiger partial charge in [-0.15, -0.1) is 0 Å². The molecule has 0 spiro atoms. The molecule has 1 aromatic heterocycles. The lowest BCUT2D eigenvalue weighted by molar-refractivity contribution is 0.373. The molecule has 0 atom stereocenters. The lowest BCUT2D eigenvalue weighted by atomic mass is 9.91. The Kier molecular flexibility index (Phi) is 3.49. The van der Waals surface area contributed by atoms with Gasteiger partial charge in [-0.3, -0.25) is 5.10 Å². The van der Waals surface area contributed by atoms with E-state index in [4.69, 9.17) is 0 Å². The van der Waals surface area contributed by atoms with Crippen LogP contribution < -0.4 is 0 Å². The van der Waals surface area contributed by atoms with Crippen LogP contribution in [0.25, 0.3) is 0 Å². The van der Waals surface area contributed by atoms with Crippen molar-refractivity contribution in [3.63, 3.8) is 0 Å². The molecule has 86 valence electrons. The molecule has 0 unspecified atom stereocenters. The predicted octanol–water partition coefficient (Wildman–Crippen LogP) is 1.40. The molecule has 6 heteroatoms. The van der Waals surface area contributed by atoms with Crippen LogP contribution >= 0.6 is 0 Å². The summed E-state index contributed by atoms with van der Waals surface area (Å²) in [6.45, 7) is 6.27. The number of sulfone groups is 1. The van der Waals surface area contributed by atoms with Crippen molar-refractivity contribution >= 4 is 9.84 Å². The normalized spacial score (nSPS) is 13.0. The van der Waals surface area contributed by atoms with E-state index in [0.29, 0.717) is 6.42 Å². The van der Waals surface area contributed by atoms with Gasteiger partial charge in [-0.25, -0.2) is 13.4 Å². The summed E-state index contributed by atoms with van der Waals surface area (Å²) in [5, 5.41) is 5.87. The summed E-state index contributed by atoms with van der Waals surface area (Å²) < 4.78 is 23.3. The van der Waals surface area contributed by atoms with Crippen molar-refractivity contribution in [3.05, 3.63) is 6.33 Å². The predicted molar refractivity (Wildman–Crippen MR) is 57.1 cm³/mol. The molecule has 0 fully saturated rings. The summed E-state index contributed by atoms with van der Waals surface area (Å²) in [6.07, 6.45) is 2.73. The van der Waals surface area contributed by atoms with Gasteiger partial charge in [0, 0.05) is 0 Å². The Bertz CT molecular complexity index is 389. The maximum atomic E-state index is 11.6. The molecule has 5 nitrogen and oxygen atoms in total. The van der Waals surface area contributed by atoms with Gasteiger partial charge >= 0.3 is 0 Å². The highest BCUT2D eigenvalue weighted by atomic mass is 32.2. The van der Waals surface area contributed by atoms with E-state index in [9.17, 15) is 8.42 Å². The van der Waals surface area contributed by atoms with Crippen molar-refractivity contribution in [1.29, 1.82) is 0 Å². The summed E-state index contributed by atoms with van der Waals surface area (Å²) in [4.78, 5) is 3.65. The second-order valence-electron chi connectivity index (χ2n) is 4.77. The third-order valence-electron chi connectivity index (χ3n) is 2.03. The van der Waals surface area contributed by atoms with E-state index in [2.05, 4.69) is 36.0 Å². The highest BCUT2D eigenvalue weighted by Gasteiger charge is 2.19. The van der Waals surface area contributed by atoms with Crippen LogP contribution in [0.3, 0.4) is 0 Å². The van der Waals surface area contributed by atoms with Crippen molar-refractivity contribution < 1.29 is 8.42 Å². The Morgan fingerprint density at radius 3 is 2.53 bits per heavy atom. The molecular formula is C9H17N3O2S. The fourth-order valence-corrected chi connectivity index (χ4v) is 2.35. The van der Waals surface area contributed by atoms with Gasteiger partial charge in [-0.1, -0.05) is 20.8 Å². The summed E-state index contributed by atoms with van der Waals surface area (Å²) in [6, 6.07) is 0. The van der Waals surface area contributed by atoms with E-state index in [0.717, 1.165) is 6.42 Å². The second-order valence-corrected chi connectivity index (χ2v) is 6.80. The molecule has 0 saturated heterocycles. The van der Waals surface area contributed by atoms with Gasteiger partial charge in [-0.2, -0.15) is 5.10 Å². The molecule has 0 aliphatic carbocycles. The molecule has 0 aliphatic rings. The number of nitrogens with zero attached hydrogens (tertiary/aromatic N) is 2.